The van der Waals surface area contributed by atoms with Gasteiger partial charge in [0.1, 0.15) is 11.1 Å². The number of hydrogen-bond acceptors (Lipinski definition) is 4. The highest BCUT2D eigenvalue weighted by Gasteiger charge is 2.22. The zero-order valence-corrected chi connectivity index (χ0v) is 27.5. The molecule has 51 heavy (non-hydrogen) atoms. The lowest BCUT2D eigenvalue weighted by Crippen LogP contribution is -2.10. The number of benzene rings is 8. The number of para-hydroxylation sites is 1. The Hall–Kier alpha value is -6.91. The van der Waals surface area contributed by atoms with Crippen molar-refractivity contribution < 1.29 is 8.83 Å². The molecule has 8 aromatic carbocycles. The molecule has 10 aromatic rings. The molecule has 0 aliphatic heterocycles. The highest BCUT2D eigenvalue weighted by Crippen LogP contribution is 2.45. The van der Waals surface area contributed by atoms with Crippen LogP contribution in [0.1, 0.15) is 0 Å². The summed E-state index contributed by atoms with van der Waals surface area (Å²) in [5, 5.41) is 4.39. The fourth-order valence-electron chi connectivity index (χ4n) is 7.29. The molecule has 4 nitrogen and oxygen atoms in total. The average Bonchev–Trinajstić information content (AvgIpc) is 3.81. The predicted molar refractivity (Wildman–Crippen MR) is 210 cm³/mol. The molecule has 0 atom stereocenters. The molecular weight excluding hydrogens is 625 g/mol. The lowest BCUT2D eigenvalue weighted by molar-refractivity contribution is 0.619. The summed E-state index contributed by atoms with van der Waals surface area (Å²) in [5.41, 5.74) is 11.7. The van der Waals surface area contributed by atoms with Crippen molar-refractivity contribution in [1.29, 1.82) is 0 Å². The van der Waals surface area contributed by atoms with Crippen LogP contribution in [0, 0.1) is 0 Å². The van der Waals surface area contributed by atoms with Gasteiger partial charge in [0, 0.05) is 22.3 Å². The molecule has 2 heterocycles. The van der Waals surface area contributed by atoms with Crippen LogP contribution >= 0.6 is 0 Å². The van der Waals surface area contributed by atoms with E-state index in [0.29, 0.717) is 5.89 Å². The molecule has 0 N–H and O–H groups in total. The van der Waals surface area contributed by atoms with Gasteiger partial charge in [0.15, 0.2) is 11.2 Å². The third-order valence-electron chi connectivity index (χ3n) is 9.70. The van der Waals surface area contributed by atoms with Crippen LogP contribution in [0.4, 0.5) is 17.1 Å². The maximum atomic E-state index is 6.76. The Balaban J connectivity index is 1.16. The van der Waals surface area contributed by atoms with Gasteiger partial charge in [0.25, 0.3) is 0 Å². The maximum absolute atomic E-state index is 6.76. The number of oxazole rings is 1. The number of furan rings is 1. The number of aromatic nitrogens is 1. The molecule has 0 spiro atoms. The molecule has 240 valence electrons. The van der Waals surface area contributed by atoms with Crippen LogP contribution in [0.25, 0.3) is 77.5 Å². The normalized spacial score (nSPS) is 11.5. The molecule has 0 saturated carbocycles. The van der Waals surface area contributed by atoms with E-state index < -0.39 is 0 Å². The first-order valence-electron chi connectivity index (χ1n) is 17.1. The number of nitrogens with zero attached hydrogens (tertiary/aromatic N) is 2. The Morgan fingerprint density at radius 1 is 0.431 bits per heavy atom. The Labute approximate surface area is 294 Å². The lowest BCUT2D eigenvalue weighted by atomic mass is 9.98. The van der Waals surface area contributed by atoms with Crippen molar-refractivity contribution >= 4 is 60.9 Å². The van der Waals surface area contributed by atoms with E-state index >= 15 is 0 Å². The number of hydrogen-bond donors (Lipinski definition) is 0. The molecule has 0 saturated heterocycles. The number of rotatable bonds is 6. The van der Waals surface area contributed by atoms with Crippen molar-refractivity contribution in [3.05, 3.63) is 182 Å². The SMILES string of the molecule is c1ccc(-c2cccc(N(c3ccc(-c4cccc5ccccc45)cc3)c3cccc4c3oc3ccc5oc(-c6ccccc6)nc5c34)c2)cc1. The Morgan fingerprint density at radius 3 is 1.94 bits per heavy atom. The van der Waals surface area contributed by atoms with Crippen molar-refractivity contribution in [2.45, 2.75) is 0 Å². The minimum absolute atomic E-state index is 0.592. The Morgan fingerprint density at radius 2 is 1.10 bits per heavy atom. The molecular formula is C47H30N2O2. The van der Waals surface area contributed by atoms with E-state index in [9.17, 15) is 0 Å². The third kappa shape index (κ3) is 4.96. The van der Waals surface area contributed by atoms with E-state index in [1.165, 1.54) is 16.3 Å². The van der Waals surface area contributed by atoms with Gasteiger partial charge < -0.3 is 13.7 Å². The van der Waals surface area contributed by atoms with Gasteiger partial charge in [-0.15, -0.1) is 0 Å². The highest BCUT2D eigenvalue weighted by molar-refractivity contribution is 6.19. The minimum Gasteiger partial charge on any atom is -0.454 e. The fraction of sp³-hybridized carbons (Fsp3) is 0. The van der Waals surface area contributed by atoms with Gasteiger partial charge in [-0.3, -0.25) is 0 Å². The summed E-state index contributed by atoms with van der Waals surface area (Å²) in [4.78, 5) is 7.28. The molecule has 0 unspecified atom stereocenters. The number of anilines is 3. The molecule has 0 radical (unpaired) electrons. The summed E-state index contributed by atoms with van der Waals surface area (Å²) < 4.78 is 13.0. The second-order valence-corrected chi connectivity index (χ2v) is 12.8. The van der Waals surface area contributed by atoms with Gasteiger partial charge in [-0.05, 0) is 87.6 Å². The molecule has 2 aromatic heterocycles. The second kappa shape index (κ2) is 11.9. The van der Waals surface area contributed by atoms with Crippen LogP contribution in [0.3, 0.4) is 0 Å². The minimum atomic E-state index is 0.592. The van der Waals surface area contributed by atoms with Gasteiger partial charge in [-0.2, -0.15) is 0 Å². The summed E-state index contributed by atoms with van der Waals surface area (Å²) in [6.45, 7) is 0. The standard InChI is InChI=1S/C47H30N2O2/c1-3-12-31(13-4-1)35-18-9-19-37(30-35)49(36-26-24-33(25-27-36)39-21-10-17-32-14-7-8-20-38(32)39)41-23-11-22-40-44-42(50-46(40)41)28-29-43-45(44)48-47(51-43)34-15-5-2-6-16-34/h1-30H. The van der Waals surface area contributed by atoms with Crippen LogP contribution in [0.15, 0.2) is 191 Å². The summed E-state index contributed by atoms with van der Waals surface area (Å²) in [7, 11) is 0. The molecule has 0 amide bonds. The maximum Gasteiger partial charge on any atom is 0.227 e. The molecule has 0 aliphatic rings. The smallest absolute Gasteiger partial charge is 0.227 e. The van der Waals surface area contributed by atoms with Crippen molar-refractivity contribution in [1.82, 2.24) is 4.98 Å². The van der Waals surface area contributed by atoms with Crippen LogP contribution < -0.4 is 4.90 Å². The predicted octanol–water partition coefficient (Wildman–Crippen LogP) is 13.4. The average molecular weight is 655 g/mol. The van der Waals surface area contributed by atoms with Gasteiger partial charge in [-0.1, -0.05) is 127 Å². The molecule has 0 fully saturated rings. The molecule has 0 aliphatic carbocycles. The van der Waals surface area contributed by atoms with E-state index in [1.807, 2.05) is 48.5 Å². The zero-order chi connectivity index (χ0) is 33.7. The lowest BCUT2D eigenvalue weighted by Gasteiger charge is -2.26. The second-order valence-electron chi connectivity index (χ2n) is 12.8. The van der Waals surface area contributed by atoms with Crippen molar-refractivity contribution in [2.24, 2.45) is 0 Å². The van der Waals surface area contributed by atoms with E-state index in [4.69, 9.17) is 13.8 Å². The zero-order valence-electron chi connectivity index (χ0n) is 27.5. The van der Waals surface area contributed by atoms with Crippen molar-refractivity contribution in [3.63, 3.8) is 0 Å². The van der Waals surface area contributed by atoms with Gasteiger partial charge in [0.05, 0.1) is 11.1 Å². The van der Waals surface area contributed by atoms with Crippen molar-refractivity contribution in [3.8, 4) is 33.7 Å². The van der Waals surface area contributed by atoms with Gasteiger partial charge >= 0.3 is 0 Å². The van der Waals surface area contributed by atoms with E-state index in [2.05, 4.69) is 138 Å². The summed E-state index contributed by atoms with van der Waals surface area (Å²) in [6, 6.07) is 63.4. The number of fused-ring (bicyclic) bond motifs is 6. The molecule has 4 heteroatoms. The highest BCUT2D eigenvalue weighted by atomic mass is 16.4. The third-order valence-corrected chi connectivity index (χ3v) is 9.70. The molecule has 0 bridgehead atoms. The fourth-order valence-corrected chi connectivity index (χ4v) is 7.29. The van der Waals surface area contributed by atoms with Crippen LogP contribution in [-0.4, -0.2) is 4.98 Å². The van der Waals surface area contributed by atoms with Crippen LogP contribution in [-0.2, 0) is 0 Å². The van der Waals surface area contributed by atoms with Gasteiger partial charge in [-0.25, -0.2) is 4.98 Å². The first kappa shape index (κ1) is 29.0. The summed E-state index contributed by atoms with van der Waals surface area (Å²) in [5.74, 6) is 0.592. The van der Waals surface area contributed by atoms with Crippen molar-refractivity contribution in [2.75, 3.05) is 4.90 Å². The Kier molecular flexibility index (Phi) is 6.78. The monoisotopic (exact) mass is 654 g/mol. The van der Waals surface area contributed by atoms with E-state index in [1.54, 1.807) is 0 Å². The van der Waals surface area contributed by atoms with E-state index in [0.717, 1.165) is 72.4 Å². The first-order chi connectivity index (χ1) is 25.3. The quantitative estimate of drug-likeness (QED) is 0.179. The van der Waals surface area contributed by atoms with Gasteiger partial charge in [0.2, 0.25) is 5.89 Å². The molecule has 10 rings (SSSR count). The summed E-state index contributed by atoms with van der Waals surface area (Å²) in [6.07, 6.45) is 0. The van der Waals surface area contributed by atoms with E-state index in [-0.39, 0.29) is 0 Å². The topological polar surface area (TPSA) is 42.4 Å². The first-order valence-corrected chi connectivity index (χ1v) is 17.1. The van der Waals surface area contributed by atoms with Crippen LogP contribution in [0.5, 0.6) is 0 Å². The summed E-state index contributed by atoms with van der Waals surface area (Å²) >= 11 is 0. The largest absolute Gasteiger partial charge is 0.454 e. The van der Waals surface area contributed by atoms with Crippen LogP contribution in [0.2, 0.25) is 0 Å². The Bertz CT molecular complexity index is 2850.